The van der Waals surface area contributed by atoms with Crippen LogP contribution >= 0.6 is 12.4 Å². The molecular weight excluding hydrogens is 398 g/mol. The van der Waals surface area contributed by atoms with Gasteiger partial charge in [0.2, 0.25) is 5.91 Å². The molecule has 3 rings (SSSR count). The van der Waals surface area contributed by atoms with Crippen LogP contribution in [-0.4, -0.2) is 25.6 Å². The number of benzene rings is 2. The van der Waals surface area contributed by atoms with Gasteiger partial charge in [-0.1, -0.05) is 18.2 Å². The smallest absolute Gasteiger partial charge is 0.223 e. The quantitative estimate of drug-likeness (QED) is 0.685. The average Bonchev–Trinajstić information content (AvgIpc) is 2.78. The predicted octanol–water partition coefficient (Wildman–Crippen LogP) is 4.44. The average molecular weight is 428 g/mol. The second-order valence-corrected chi connectivity index (χ2v) is 7.50. The first kappa shape index (κ1) is 23.7. The summed E-state index contributed by atoms with van der Waals surface area (Å²) in [6.07, 6.45) is 3.96. The maximum absolute atomic E-state index is 12.7. The summed E-state index contributed by atoms with van der Waals surface area (Å²) in [7, 11) is 1.99. The first-order valence-electron chi connectivity index (χ1n) is 10.4. The molecule has 6 heteroatoms. The molecule has 0 atom stereocenters. The summed E-state index contributed by atoms with van der Waals surface area (Å²) in [5.41, 5.74) is 3.67. The fourth-order valence-electron chi connectivity index (χ4n) is 3.90. The maximum atomic E-state index is 12.7. The molecule has 2 N–H and O–H groups in total. The van der Waals surface area contributed by atoms with Crippen molar-refractivity contribution < 1.29 is 9.53 Å². The lowest BCUT2D eigenvalue weighted by Crippen LogP contribution is -2.37. The van der Waals surface area contributed by atoms with Crippen molar-refractivity contribution in [2.45, 2.75) is 45.2 Å². The molecule has 0 saturated heterocycles. The Morgan fingerprint density at radius 3 is 2.37 bits per heavy atom. The number of nitrogens with one attached hydrogen (secondary N) is 2. The molecule has 1 aliphatic carbocycles. The zero-order valence-electron chi connectivity index (χ0n) is 17.6. The largest absolute Gasteiger partial charge is 0.494 e. The molecule has 0 heterocycles. The van der Waals surface area contributed by atoms with E-state index < -0.39 is 0 Å². The lowest BCUT2D eigenvalue weighted by atomic mass is 9.85. The minimum Gasteiger partial charge on any atom is -0.494 e. The highest BCUT2D eigenvalue weighted by Crippen LogP contribution is 2.28. The number of rotatable bonds is 7. The fourth-order valence-corrected chi connectivity index (χ4v) is 3.90. The van der Waals surface area contributed by atoms with Gasteiger partial charge in [0.05, 0.1) is 18.2 Å². The summed E-state index contributed by atoms with van der Waals surface area (Å²) in [6, 6.07) is 16.2. The molecule has 30 heavy (non-hydrogen) atoms. The van der Waals surface area contributed by atoms with Crippen LogP contribution in [0.15, 0.2) is 42.5 Å². The van der Waals surface area contributed by atoms with Crippen LogP contribution in [0.5, 0.6) is 5.75 Å². The maximum Gasteiger partial charge on any atom is 0.223 e. The second-order valence-electron chi connectivity index (χ2n) is 7.50. The van der Waals surface area contributed by atoms with Crippen molar-refractivity contribution in [1.29, 1.82) is 5.26 Å². The van der Waals surface area contributed by atoms with Gasteiger partial charge in [0.1, 0.15) is 5.75 Å². The Morgan fingerprint density at radius 1 is 1.10 bits per heavy atom. The SMILES string of the molecule is CCOc1ccc(-c2ccc(C#N)cc2)cc1CNC(=O)C1CCC(NC)CC1.Cl. The molecule has 0 unspecified atom stereocenters. The number of ether oxygens (including phenoxy) is 1. The standard InChI is InChI=1S/C24H29N3O2.ClH/c1-3-29-23-13-10-20(18-6-4-17(15-25)5-7-18)14-21(23)16-27-24(28)19-8-11-22(26-2)12-9-19;/h4-7,10,13-14,19,22,26H,3,8-9,11-12,16H2,1-2H3,(H,27,28);1H. The van der Waals surface area contributed by atoms with Crippen LogP contribution in [0.3, 0.4) is 0 Å². The fraction of sp³-hybridized carbons (Fsp3) is 0.417. The number of amides is 1. The Kier molecular flexibility index (Phi) is 9.16. The third-order valence-corrected chi connectivity index (χ3v) is 5.67. The van der Waals surface area contributed by atoms with Crippen LogP contribution < -0.4 is 15.4 Å². The highest BCUT2D eigenvalue weighted by molar-refractivity contribution is 5.85. The Morgan fingerprint density at radius 2 is 1.77 bits per heavy atom. The van der Waals surface area contributed by atoms with Crippen LogP contribution in [0, 0.1) is 17.2 Å². The first-order valence-corrected chi connectivity index (χ1v) is 10.4. The number of nitriles is 1. The highest BCUT2D eigenvalue weighted by atomic mass is 35.5. The summed E-state index contributed by atoms with van der Waals surface area (Å²) in [4.78, 5) is 12.7. The highest BCUT2D eigenvalue weighted by Gasteiger charge is 2.25. The van der Waals surface area contributed by atoms with Gasteiger partial charge in [-0.2, -0.15) is 5.26 Å². The third-order valence-electron chi connectivity index (χ3n) is 5.67. The topological polar surface area (TPSA) is 74.1 Å². The van der Waals surface area contributed by atoms with Gasteiger partial charge < -0.3 is 15.4 Å². The zero-order valence-corrected chi connectivity index (χ0v) is 18.4. The van der Waals surface area contributed by atoms with Crippen molar-refractivity contribution in [1.82, 2.24) is 10.6 Å². The minimum absolute atomic E-state index is 0. The van der Waals surface area contributed by atoms with Crippen LogP contribution in [0.4, 0.5) is 0 Å². The van der Waals surface area contributed by atoms with Crippen molar-refractivity contribution in [3.05, 3.63) is 53.6 Å². The van der Waals surface area contributed by atoms with Crippen molar-refractivity contribution in [2.75, 3.05) is 13.7 Å². The van der Waals surface area contributed by atoms with Gasteiger partial charge in [-0.15, -0.1) is 12.4 Å². The summed E-state index contributed by atoms with van der Waals surface area (Å²) in [5.74, 6) is 1.02. The van der Waals surface area contributed by atoms with Gasteiger partial charge in [0.25, 0.3) is 0 Å². The molecule has 0 radical (unpaired) electrons. The summed E-state index contributed by atoms with van der Waals surface area (Å²) in [5, 5.41) is 15.4. The molecule has 2 aromatic carbocycles. The van der Waals surface area contributed by atoms with Crippen molar-refractivity contribution in [2.24, 2.45) is 5.92 Å². The number of hydrogen-bond donors (Lipinski definition) is 2. The Bertz CT molecular complexity index is 869. The van der Waals surface area contributed by atoms with Gasteiger partial charge in [-0.25, -0.2) is 0 Å². The Labute approximate surface area is 185 Å². The van der Waals surface area contributed by atoms with E-state index in [1.54, 1.807) is 0 Å². The molecule has 1 fully saturated rings. The number of carbonyl (C=O) groups excluding carboxylic acids is 1. The minimum atomic E-state index is 0. The molecule has 5 nitrogen and oxygen atoms in total. The molecule has 2 aromatic rings. The molecule has 0 spiro atoms. The van der Waals surface area contributed by atoms with Crippen LogP contribution in [0.1, 0.15) is 43.7 Å². The van der Waals surface area contributed by atoms with Gasteiger partial charge in [-0.3, -0.25) is 4.79 Å². The van der Waals surface area contributed by atoms with E-state index in [9.17, 15) is 4.79 Å². The molecule has 0 aromatic heterocycles. The van der Waals surface area contributed by atoms with Crippen molar-refractivity contribution in [3.63, 3.8) is 0 Å². The molecular formula is C24H30ClN3O2. The van der Waals surface area contributed by atoms with Gasteiger partial charge in [-0.05, 0) is 75.0 Å². The Balaban J connectivity index is 0.00000320. The van der Waals surface area contributed by atoms with E-state index in [4.69, 9.17) is 10.00 Å². The lowest BCUT2D eigenvalue weighted by Gasteiger charge is -2.27. The van der Waals surface area contributed by atoms with Gasteiger partial charge >= 0.3 is 0 Å². The van der Waals surface area contributed by atoms with Gasteiger partial charge in [0, 0.05) is 24.1 Å². The summed E-state index contributed by atoms with van der Waals surface area (Å²) >= 11 is 0. The summed E-state index contributed by atoms with van der Waals surface area (Å²) in [6.45, 7) is 2.98. The van der Waals surface area contributed by atoms with Crippen molar-refractivity contribution >= 4 is 18.3 Å². The summed E-state index contributed by atoms with van der Waals surface area (Å²) < 4.78 is 5.77. The van der Waals surface area contributed by atoms with Crippen molar-refractivity contribution in [3.8, 4) is 22.9 Å². The molecule has 0 bridgehead atoms. The van der Waals surface area contributed by atoms with Crippen LogP contribution in [-0.2, 0) is 11.3 Å². The first-order chi connectivity index (χ1) is 14.1. The number of hydrogen-bond acceptors (Lipinski definition) is 4. The third kappa shape index (κ3) is 5.98. The van der Waals surface area contributed by atoms with E-state index in [0.29, 0.717) is 24.8 Å². The number of nitrogens with zero attached hydrogens (tertiary/aromatic N) is 1. The monoisotopic (exact) mass is 427 g/mol. The van der Waals surface area contributed by atoms with Crippen LogP contribution in [0.25, 0.3) is 11.1 Å². The van der Waals surface area contributed by atoms with E-state index in [1.165, 1.54) is 0 Å². The van der Waals surface area contributed by atoms with E-state index in [1.807, 2.05) is 50.4 Å². The lowest BCUT2D eigenvalue weighted by molar-refractivity contribution is -0.126. The number of halogens is 1. The molecule has 0 aliphatic heterocycles. The normalized spacial score (nSPS) is 18.0. The number of carbonyl (C=O) groups is 1. The van der Waals surface area contributed by atoms with E-state index in [0.717, 1.165) is 48.1 Å². The van der Waals surface area contributed by atoms with E-state index in [2.05, 4.69) is 22.8 Å². The second kappa shape index (κ2) is 11.6. The molecule has 1 saturated carbocycles. The van der Waals surface area contributed by atoms with Crippen LogP contribution in [0.2, 0.25) is 0 Å². The predicted molar refractivity (Wildman–Crippen MR) is 122 cm³/mol. The molecule has 1 amide bonds. The molecule has 160 valence electrons. The Hall–Kier alpha value is -2.55. The molecule has 1 aliphatic rings. The van der Waals surface area contributed by atoms with Gasteiger partial charge in [0.15, 0.2) is 0 Å². The zero-order chi connectivity index (χ0) is 20.6. The van der Waals surface area contributed by atoms with E-state index >= 15 is 0 Å². The van der Waals surface area contributed by atoms with E-state index in [-0.39, 0.29) is 24.2 Å².